The Hall–Kier alpha value is -2.03. The second-order valence-electron chi connectivity index (χ2n) is 6.55. The number of nitrogens with one attached hydrogen (secondary N) is 2. The van der Waals surface area contributed by atoms with E-state index in [0.29, 0.717) is 17.7 Å². The van der Waals surface area contributed by atoms with E-state index in [0.717, 1.165) is 36.0 Å². The number of rotatable bonds is 6. The third-order valence-electron chi connectivity index (χ3n) is 4.62. The summed E-state index contributed by atoms with van der Waals surface area (Å²) in [6.07, 6.45) is 10.2. The van der Waals surface area contributed by atoms with Gasteiger partial charge in [0, 0.05) is 12.5 Å². The maximum atomic E-state index is 12.0. The van der Waals surface area contributed by atoms with Crippen LogP contribution in [-0.2, 0) is 13.0 Å². The van der Waals surface area contributed by atoms with Crippen molar-refractivity contribution in [3.8, 4) is 0 Å². The quantitative estimate of drug-likeness (QED) is 0.837. The van der Waals surface area contributed by atoms with Crippen molar-refractivity contribution in [1.82, 2.24) is 30.3 Å². The molecule has 0 aromatic carbocycles. The van der Waals surface area contributed by atoms with Gasteiger partial charge in [0.2, 0.25) is 5.13 Å². The van der Waals surface area contributed by atoms with Gasteiger partial charge in [0.25, 0.3) is 0 Å². The maximum Gasteiger partial charge on any atom is 0.321 e. The molecule has 0 radical (unpaired) electrons. The predicted molar refractivity (Wildman–Crippen MR) is 89.7 cm³/mol. The fraction of sp³-hybridized carbons (Fsp3) is 0.667. The van der Waals surface area contributed by atoms with E-state index in [4.69, 9.17) is 0 Å². The lowest BCUT2D eigenvalue weighted by Gasteiger charge is -2.06. The van der Waals surface area contributed by atoms with Crippen molar-refractivity contribution in [3.05, 3.63) is 17.2 Å². The Morgan fingerprint density at radius 1 is 1.21 bits per heavy atom. The van der Waals surface area contributed by atoms with Crippen molar-refractivity contribution in [2.45, 2.75) is 57.5 Å². The molecule has 0 spiro atoms. The third-order valence-corrected chi connectivity index (χ3v) is 5.48. The van der Waals surface area contributed by atoms with Crippen molar-refractivity contribution >= 4 is 22.5 Å². The van der Waals surface area contributed by atoms with Gasteiger partial charge >= 0.3 is 6.03 Å². The number of amides is 2. The van der Waals surface area contributed by atoms with Gasteiger partial charge in [0.05, 0.1) is 6.54 Å². The molecule has 2 N–H and O–H groups in total. The molecule has 2 heterocycles. The summed E-state index contributed by atoms with van der Waals surface area (Å²) in [4.78, 5) is 12.0. The molecule has 0 saturated heterocycles. The van der Waals surface area contributed by atoms with E-state index in [-0.39, 0.29) is 6.03 Å². The van der Waals surface area contributed by atoms with Crippen molar-refractivity contribution in [2.24, 2.45) is 5.92 Å². The van der Waals surface area contributed by atoms with Crippen molar-refractivity contribution < 1.29 is 4.79 Å². The Morgan fingerprint density at radius 3 is 2.83 bits per heavy atom. The van der Waals surface area contributed by atoms with Gasteiger partial charge in [-0.1, -0.05) is 37.0 Å². The number of carbonyl (C=O) groups excluding carboxylic acids is 1. The summed E-state index contributed by atoms with van der Waals surface area (Å²) in [6.45, 7) is 0.357. The lowest BCUT2D eigenvalue weighted by molar-refractivity contribution is 0.251. The smallest absolute Gasteiger partial charge is 0.321 e. The molecule has 2 aromatic heterocycles. The molecule has 0 unspecified atom stereocenters. The maximum absolute atomic E-state index is 12.0. The highest BCUT2D eigenvalue weighted by atomic mass is 32.1. The van der Waals surface area contributed by atoms with Gasteiger partial charge in [0.1, 0.15) is 11.3 Å². The number of hydrogen-bond donors (Lipinski definition) is 2. The normalized spacial score (nSPS) is 18.0. The van der Waals surface area contributed by atoms with E-state index in [1.54, 1.807) is 6.33 Å². The first-order valence-electron chi connectivity index (χ1n) is 8.53. The fourth-order valence-electron chi connectivity index (χ4n) is 3.20. The second kappa shape index (κ2) is 6.84. The Morgan fingerprint density at radius 2 is 2.04 bits per heavy atom. The lowest BCUT2D eigenvalue weighted by Crippen LogP contribution is -2.29. The number of carbonyl (C=O) groups is 1. The molecular formula is C15H21N7OS. The average Bonchev–Trinajstić information content (AvgIpc) is 2.98. The van der Waals surface area contributed by atoms with Crippen LogP contribution in [0.3, 0.4) is 0 Å². The van der Waals surface area contributed by atoms with Gasteiger partial charge in [0.15, 0.2) is 5.82 Å². The van der Waals surface area contributed by atoms with Crippen LogP contribution in [0.15, 0.2) is 6.33 Å². The van der Waals surface area contributed by atoms with Gasteiger partial charge < -0.3 is 9.88 Å². The summed E-state index contributed by atoms with van der Waals surface area (Å²) >= 11 is 1.46. The minimum atomic E-state index is -0.288. The molecule has 2 aromatic rings. The Labute approximate surface area is 144 Å². The van der Waals surface area contributed by atoms with Crippen LogP contribution in [0.4, 0.5) is 9.93 Å². The summed E-state index contributed by atoms with van der Waals surface area (Å²) in [5.41, 5.74) is 0. The summed E-state index contributed by atoms with van der Waals surface area (Å²) in [6, 6.07) is 0.213. The number of aromatic nitrogens is 5. The SMILES string of the molecule is O=C(NCc1nncn1C1CC1)Nc1nnc(CC2CCCC2)s1. The van der Waals surface area contributed by atoms with Gasteiger partial charge in [-0.2, -0.15) is 0 Å². The predicted octanol–water partition coefficient (Wildman–Crippen LogP) is 2.52. The molecule has 128 valence electrons. The molecule has 0 bridgehead atoms. The number of nitrogens with zero attached hydrogens (tertiary/aromatic N) is 5. The van der Waals surface area contributed by atoms with Crippen molar-refractivity contribution in [3.63, 3.8) is 0 Å². The van der Waals surface area contributed by atoms with Gasteiger partial charge in [-0.25, -0.2) is 4.79 Å². The summed E-state index contributed by atoms with van der Waals surface area (Å²) in [7, 11) is 0. The van der Waals surface area contributed by atoms with Crippen LogP contribution in [0.2, 0.25) is 0 Å². The Balaban J connectivity index is 1.26. The van der Waals surface area contributed by atoms with Crippen LogP contribution in [0, 0.1) is 5.92 Å². The van der Waals surface area contributed by atoms with Crippen LogP contribution in [0.25, 0.3) is 0 Å². The highest BCUT2D eigenvalue weighted by Gasteiger charge is 2.26. The van der Waals surface area contributed by atoms with Crippen LogP contribution >= 0.6 is 11.3 Å². The first kappa shape index (κ1) is 15.5. The van der Waals surface area contributed by atoms with Crippen LogP contribution < -0.4 is 10.6 Å². The zero-order chi connectivity index (χ0) is 16.4. The lowest BCUT2D eigenvalue weighted by atomic mass is 10.1. The number of hydrogen-bond acceptors (Lipinski definition) is 6. The molecule has 2 amide bonds. The van der Waals surface area contributed by atoms with Gasteiger partial charge in [-0.15, -0.1) is 20.4 Å². The number of urea groups is 1. The van der Waals surface area contributed by atoms with Crippen molar-refractivity contribution in [2.75, 3.05) is 5.32 Å². The minimum absolute atomic E-state index is 0.288. The molecule has 2 saturated carbocycles. The zero-order valence-corrected chi connectivity index (χ0v) is 14.3. The highest BCUT2D eigenvalue weighted by molar-refractivity contribution is 7.15. The zero-order valence-electron chi connectivity index (χ0n) is 13.4. The van der Waals surface area contributed by atoms with Crippen LogP contribution in [-0.4, -0.2) is 31.0 Å². The minimum Gasteiger partial charge on any atom is -0.331 e. The van der Waals surface area contributed by atoms with Gasteiger partial charge in [-0.05, 0) is 18.8 Å². The van der Waals surface area contributed by atoms with E-state index < -0.39 is 0 Å². The second-order valence-corrected chi connectivity index (χ2v) is 7.61. The molecular weight excluding hydrogens is 326 g/mol. The van der Waals surface area contributed by atoms with E-state index in [9.17, 15) is 4.79 Å². The van der Waals surface area contributed by atoms with E-state index in [2.05, 4.69) is 31.0 Å². The monoisotopic (exact) mass is 347 g/mol. The highest BCUT2D eigenvalue weighted by Crippen LogP contribution is 2.35. The van der Waals surface area contributed by atoms with Crippen molar-refractivity contribution in [1.29, 1.82) is 0 Å². The topological polar surface area (TPSA) is 97.6 Å². The molecule has 0 aliphatic heterocycles. The summed E-state index contributed by atoms with van der Waals surface area (Å²) < 4.78 is 2.03. The van der Waals surface area contributed by atoms with Crippen LogP contribution in [0.5, 0.6) is 0 Å². The molecule has 24 heavy (non-hydrogen) atoms. The molecule has 4 rings (SSSR count). The summed E-state index contributed by atoms with van der Waals surface area (Å²) in [5, 5.41) is 23.3. The largest absolute Gasteiger partial charge is 0.331 e. The standard InChI is InChI=1S/C15H21N7OS/c23-14(16-8-12-19-17-9-22(12)11-5-6-11)18-15-21-20-13(24-15)7-10-3-1-2-4-10/h9-11H,1-8H2,(H2,16,18,21,23). The van der Waals surface area contributed by atoms with E-state index in [1.807, 2.05) is 4.57 Å². The van der Waals surface area contributed by atoms with E-state index >= 15 is 0 Å². The third kappa shape index (κ3) is 3.72. The Kier molecular flexibility index (Phi) is 4.42. The summed E-state index contributed by atoms with van der Waals surface area (Å²) in [5.74, 6) is 1.51. The molecule has 2 aliphatic carbocycles. The fourth-order valence-corrected chi connectivity index (χ4v) is 4.05. The van der Waals surface area contributed by atoms with E-state index in [1.165, 1.54) is 37.0 Å². The first-order valence-corrected chi connectivity index (χ1v) is 9.35. The van der Waals surface area contributed by atoms with Crippen LogP contribution in [0.1, 0.15) is 55.4 Å². The Bertz CT molecular complexity index is 702. The average molecular weight is 347 g/mol. The number of anilines is 1. The molecule has 0 atom stereocenters. The molecule has 2 aliphatic rings. The molecule has 8 nitrogen and oxygen atoms in total. The molecule has 2 fully saturated rings. The van der Waals surface area contributed by atoms with Gasteiger partial charge in [-0.3, -0.25) is 5.32 Å². The first-order chi connectivity index (χ1) is 11.8. The molecule has 9 heteroatoms.